The molecule has 0 atom stereocenters. The van der Waals surface area contributed by atoms with Gasteiger partial charge >= 0.3 is 12.1 Å². The fourth-order valence-electron chi connectivity index (χ4n) is 1.68. The van der Waals surface area contributed by atoms with E-state index in [1.807, 2.05) is 0 Å². The molecule has 0 radical (unpaired) electrons. The highest BCUT2D eigenvalue weighted by Gasteiger charge is 2.38. The minimum atomic E-state index is -4.63. The van der Waals surface area contributed by atoms with Crippen molar-refractivity contribution in [2.75, 3.05) is 13.1 Å². The average molecular weight is 285 g/mol. The Hall–Kier alpha value is -2.09. The van der Waals surface area contributed by atoms with Gasteiger partial charge in [0.05, 0.1) is 0 Å². The minimum Gasteiger partial charge on any atom is -0.488 e. The molecular weight excluding hydrogens is 275 g/mol. The van der Waals surface area contributed by atoms with Crippen LogP contribution in [0, 0.1) is 0 Å². The van der Waals surface area contributed by atoms with E-state index in [-0.39, 0.29) is 11.9 Å². The first-order chi connectivity index (χ1) is 9.52. The molecule has 0 saturated carbocycles. The lowest BCUT2D eigenvalue weighted by Crippen LogP contribution is -2.50. The summed E-state index contributed by atoms with van der Waals surface area (Å²) < 4.78 is 46.8. The van der Waals surface area contributed by atoms with Crippen LogP contribution in [0.1, 0.15) is 5.89 Å². The SMILES string of the molecule is FC(F)(F)c1nc(-c2ccc(OC3CNC3)cc2)no1. The van der Waals surface area contributed by atoms with Gasteiger partial charge in [0.1, 0.15) is 11.9 Å². The molecule has 1 aliphatic rings. The van der Waals surface area contributed by atoms with E-state index in [0.717, 1.165) is 13.1 Å². The molecule has 0 aliphatic carbocycles. The van der Waals surface area contributed by atoms with Gasteiger partial charge in [-0.1, -0.05) is 5.16 Å². The maximum Gasteiger partial charge on any atom is 0.471 e. The number of hydrogen-bond acceptors (Lipinski definition) is 5. The molecule has 1 aromatic carbocycles. The molecule has 1 fully saturated rings. The Morgan fingerprint density at radius 2 is 1.90 bits per heavy atom. The molecule has 3 rings (SSSR count). The summed E-state index contributed by atoms with van der Waals surface area (Å²) in [6.07, 6.45) is -4.49. The van der Waals surface area contributed by atoms with Gasteiger partial charge in [-0.05, 0) is 24.3 Å². The molecule has 8 heteroatoms. The number of hydrogen-bond donors (Lipinski definition) is 1. The number of benzene rings is 1. The van der Waals surface area contributed by atoms with Crippen LogP contribution < -0.4 is 10.1 Å². The number of nitrogens with zero attached hydrogens (tertiary/aromatic N) is 2. The maximum atomic E-state index is 12.3. The fraction of sp³-hybridized carbons (Fsp3) is 0.333. The smallest absolute Gasteiger partial charge is 0.471 e. The third-order valence-electron chi connectivity index (χ3n) is 2.83. The second-order valence-electron chi connectivity index (χ2n) is 4.34. The van der Waals surface area contributed by atoms with Crippen molar-refractivity contribution in [3.05, 3.63) is 30.2 Å². The van der Waals surface area contributed by atoms with Gasteiger partial charge in [0.2, 0.25) is 5.82 Å². The molecule has 1 aliphatic heterocycles. The van der Waals surface area contributed by atoms with E-state index in [1.165, 1.54) is 0 Å². The Morgan fingerprint density at radius 3 is 2.40 bits per heavy atom. The number of halogens is 3. The van der Waals surface area contributed by atoms with Crippen LogP contribution in [0.4, 0.5) is 13.2 Å². The molecule has 0 amide bonds. The summed E-state index contributed by atoms with van der Waals surface area (Å²) in [6.45, 7) is 1.59. The first-order valence-corrected chi connectivity index (χ1v) is 5.91. The maximum absolute atomic E-state index is 12.3. The van der Waals surface area contributed by atoms with Crippen LogP contribution in [-0.2, 0) is 6.18 Å². The number of aromatic nitrogens is 2. The standard InChI is InChI=1S/C12H10F3N3O2/c13-12(14,15)11-17-10(18-20-11)7-1-3-8(4-2-7)19-9-5-16-6-9/h1-4,9,16H,5-6H2. The van der Waals surface area contributed by atoms with Crippen molar-refractivity contribution < 1.29 is 22.4 Å². The van der Waals surface area contributed by atoms with Crippen LogP contribution >= 0.6 is 0 Å². The molecule has 5 nitrogen and oxygen atoms in total. The van der Waals surface area contributed by atoms with E-state index in [9.17, 15) is 13.2 Å². The Morgan fingerprint density at radius 1 is 1.20 bits per heavy atom. The zero-order chi connectivity index (χ0) is 14.2. The molecule has 0 spiro atoms. The van der Waals surface area contributed by atoms with E-state index in [4.69, 9.17) is 4.74 Å². The molecule has 1 saturated heterocycles. The first kappa shape index (κ1) is 12.9. The molecule has 0 bridgehead atoms. The Balaban J connectivity index is 1.75. The van der Waals surface area contributed by atoms with Gasteiger partial charge in [-0.3, -0.25) is 0 Å². The van der Waals surface area contributed by atoms with Gasteiger partial charge in [0, 0.05) is 18.7 Å². The van der Waals surface area contributed by atoms with Gasteiger partial charge < -0.3 is 14.6 Å². The molecule has 106 valence electrons. The quantitative estimate of drug-likeness (QED) is 0.936. The van der Waals surface area contributed by atoms with E-state index < -0.39 is 12.1 Å². The summed E-state index contributed by atoms with van der Waals surface area (Å²) in [5.41, 5.74) is 0.434. The molecule has 2 heterocycles. The van der Waals surface area contributed by atoms with Crippen LogP contribution in [0.15, 0.2) is 28.8 Å². The summed E-state index contributed by atoms with van der Waals surface area (Å²) in [4.78, 5) is 3.32. The van der Waals surface area contributed by atoms with Crippen LogP contribution in [-0.4, -0.2) is 29.3 Å². The van der Waals surface area contributed by atoms with Crippen LogP contribution in [0.3, 0.4) is 0 Å². The Bertz CT molecular complexity index is 591. The molecule has 20 heavy (non-hydrogen) atoms. The normalized spacial score (nSPS) is 15.9. The fourth-order valence-corrected chi connectivity index (χ4v) is 1.68. The molecule has 1 aromatic heterocycles. The third kappa shape index (κ3) is 2.60. The number of alkyl halides is 3. The van der Waals surface area contributed by atoms with E-state index in [0.29, 0.717) is 11.3 Å². The lowest BCUT2D eigenvalue weighted by Gasteiger charge is -2.27. The Labute approximate surface area is 111 Å². The molecule has 2 aromatic rings. The topological polar surface area (TPSA) is 60.2 Å². The third-order valence-corrected chi connectivity index (χ3v) is 2.83. The van der Waals surface area contributed by atoms with E-state index >= 15 is 0 Å². The first-order valence-electron chi connectivity index (χ1n) is 5.91. The van der Waals surface area contributed by atoms with Crippen molar-refractivity contribution in [1.29, 1.82) is 0 Å². The predicted octanol–water partition coefficient (Wildman–Crippen LogP) is 2.11. The highest BCUT2D eigenvalue weighted by molar-refractivity contribution is 5.55. The summed E-state index contributed by atoms with van der Waals surface area (Å²) in [5.74, 6) is -0.803. The molecular formula is C12H10F3N3O2. The van der Waals surface area contributed by atoms with E-state index in [1.54, 1.807) is 24.3 Å². The monoisotopic (exact) mass is 285 g/mol. The largest absolute Gasteiger partial charge is 0.488 e. The minimum absolute atomic E-state index is 0.103. The van der Waals surface area contributed by atoms with E-state index in [2.05, 4.69) is 20.0 Å². The summed E-state index contributed by atoms with van der Waals surface area (Å²) in [5, 5.41) is 6.39. The van der Waals surface area contributed by atoms with Gasteiger partial charge in [-0.25, -0.2) is 0 Å². The Kier molecular flexibility index (Phi) is 3.09. The molecule has 1 N–H and O–H groups in total. The predicted molar refractivity (Wildman–Crippen MR) is 62.0 cm³/mol. The van der Waals surface area contributed by atoms with Crippen LogP contribution in [0.5, 0.6) is 5.75 Å². The number of ether oxygens (including phenoxy) is 1. The van der Waals surface area contributed by atoms with Crippen molar-refractivity contribution in [2.24, 2.45) is 0 Å². The van der Waals surface area contributed by atoms with Gasteiger partial charge in [0.15, 0.2) is 0 Å². The zero-order valence-electron chi connectivity index (χ0n) is 10.1. The second-order valence-corrected chi connectivity index (χ2v) is 4.34. The van der Waals surface area contributed by atoms with Crippen molar-refractivity contribution in [3.63, 3.8) is 0 Å². The summed E-state index contributed by atoms with van der Waals surface area (Å²) >= 11 is 0. The molecule has 0 unspecified atom stereocenters. The lowest BCUT2D eigenvalue weighted by atomic mass is 10.2. The van der Waals surface area contributed by atoms with Crippen molar-refractivity contribution in [1.82, 2.24) is 15.5 Å². The van der Waals surface area contributed by atoms with Crippen molar-refractivity contribution in [2.45, 2.75) is 12.3 Å². The highest BCUT2D eigenvalue weighted by Crippen LogP contribution is 2.29. The number of nitrogens with one attached hydrogen (secondary N) is 1. The lowest BCUT2D eigenvalue weighted by molar-refractivity contribution is -0.159. The average Bonchev–Trinajstić information content (AvgIpc) is 2.84. The summed E-state index contributed by atoms with van der Waals surface area (Å²) in [7, 11) is 0. The van der Waals surface area contributed by atoms with Gasteiger partial charge in [-0.2, -0.15) is 18.2 Å². The van der Waals surface area contributed by atoms with Crippen LogP contribution in [0.2, 0.25) is 0 Å². The van der Waals surface area contributed by atoms with Crippen molar-refractivity contribution >= 4 is 0 Å². The van der Waals surface area contributed by atoms with Gasteiger partial charge in [0.25, 0.3) is 0 Å². The van der Waals surface area contributed by atoms with Gasteiger partial charge in [-0.15, -0.1) is 0 Å². The highest BCUT2D eigenvalue weighted by atomic mass is 19.4. The zero-order valence-corrected chi connectivity index (χ0v) is 10.1. The van der Waals surface area contributed by atoms with Crippen molar-refractivity contribution in [3.8, 4) is 17.1 Å². The summed E-state index contributed by atoms with van der Waals surface area (Å²) in [6, 6.07) is 6.51. The number of rotatable bonds is 3. The second kappa shape index (κ2) is 4.78. The van der Waals surface area contributed by atoms with Crippen LogP contribution in [0.25, 0.3) is 11.4 Å².